The number of phenols is 1. The van der Waals surface area contributed by atoms with Gasteiger partial charge >= 0.3 is 0 Å². The second kappa shape index (κ2) is 7.11. The van der Waals surface area contributed by atoms with E-state index in [0.29, 0.717) is 13.0 Å². The van der Waals surface area contributed by atoms with Gasteiger partial charge in [-0.15, -0.1) is 0 Å². The number of rotatable bonds is 4. The third-order valence-corrected chi connectivity index (χ3v) is 4.88. The van der Waals surface area contributed by atoms with Crippen molar-refractivity contribution in [3.63, 3.8) is 0 Å². The molecule has 0 unspecified atom stereocenters. The summed E-state index contributed by atoms with van der Waals surface area (Å²) in [4.78, 5) is 26.1. The standard InChI is InChI=1S/C22H20N2O3/c25-20-13-17-5-2-1-4-16(17)12-19(20)22(27)23-14-15-7-9-18(10-8-15)24-11-3-6-21(24)26/h1-2,4-5,7-10,12-13,25H,3,6,11,14H2,(H,23,27). The number of phenolic OH excluding ortho intramolecular Hbond substituents is 1. The fraction of sp³-hybridized carbons (Fsp3) is 0.182. The fourth-order valence-corrected chi connectivity index (χ4v) is 3.40. The van der Waals surface area contributed by atoms with Gasteiger partial charge in [0.1, 0.15) is 5.75 Å². The summed E-state index contributed by atoms with van der Waals surface area (Å²) in [6.07, 6.45) is 1.50. The Balaban J connectivity index is 1.45. The molecule has 1 fully saturated rings. The Bertz CT molecular complexity index is 1010. The van der Waals surface area contributed by atoms with Crippen molar-refractivity contribution in [3.05, 3.63) is 71.8 Å². The summed E-state index contributed by atoms with van der Waals surface area (Å²) in [7, 11) is 0. The minimum absolute atomic E-state index is 0.0332. The van der Waals surface area contributed by atoms with Gasteiger partial charge in [0.15, 0.2) is 0 Å². The fourth-order valence-electron chi connectivity index (χ4n) is 3.40. The molecule has 0 saturated carbocycles. The molecule has 1 heterocycles. The van der Waals surface area contributed by atoms with Gasteiger partial charge in [-0.3, -0.25) is 9.59 Å². The largest absolute Gasteiger partial charge is 0.507 e. The Hall–Kier alpha value is -3.34. The predicted molar refractivity (Wildman–Crippen MR) is 105 cm³/mol. The number of nitrogens with one attached hydrogen (secondary N) is 1. The van der Waals surface area contributed by atoms with Gasteiger partial charge in [-0.05, 0) is 47.0 Å². The van der Waals surface area contributed by atoms with E-state index in [4.69, 9.17) is 0 Å². The van der Waals surface area contributed by atoms with Gasteiger partial charge in [-0.2, -0.15) is 0 Å². The summed E-state index contributed by atoms with van der Waals surface area (Å²) in [6, 6.07) is 18.5. The minimum Gasteiger partial charge on any atom is -0.507 e. The van der Waals surface area contributed by atoms with Crippen LogP contribution in [0.5, 0.6) is 5.75 Å². The first-order valence-corrected chi connectivity index (χ1v) is 9.01. The van der Waals surface area contributed by atoms with Gasteiger partial charge in [0.2, 0.25) is 5.91 Å². The molecule has 136 valence electrons. The first-order valence-electron chi connectivity index (χ1n) is 9.01. The zero-order valence-electron chi connectivity index (χ0n) is 14.8. The number of carbonyl (C=O) groups is 2. The molecule has 1 aliphatic rings. The average molecular weight is 360 g/mol. The molecule has 0 aromatic heterocycles. The Morgan fingerprint density at radius 1 is 1.04 bits per heavy atom. The number of hydrogen-bond donors (Lipinski definition) is 2. The third-order valence-electron chi connectivity index (χ3n) is 4.88. The summed E-state index contributed by atoms with van der Waals surface area (Å²) in [5, 5.41) is 14.8. The molecule has 1 saturated heterocycles. The van der Waals surface area contributed by atoms with Crippen LogP contribution in [-0.2, 0) is 11.3 Å². The SMILES string of the molecule is O=C(NCc1ccc(N2CCCC2=O)cc1)c1cc2ccccc2cc1O. The maximum Gasteiger partial charge on any atom is 0.255 e. The molecule has 0 radical (unpaired) electrons. The molecule has 2 amide bonds. The lowest BCUT2D eigenvalue weighted by atomic mass is 10.1. The summed E-state index contributed by atoms with van der Waals surface area (Å²) >= 11 is 0. The van der Waals surface area contributed by atoms with Gasteiger partial charge in [0.25, 0.3) is 5.91 Å². The van der Waals surface area contributed by atoms with E-state index in [9.17, 15) is 14.7 Å². The van der Waals surface area contributed by atoms with E-state index in [0.717, 1.165) is 35.0 Å². The highest BCUT2D eigenvalue weighted by Crippen LogP contribution is 2.25. The van der Waals surface area contributed by atoms with E-state index in [1.165, 1.54) is 0 Å². The van der Waals surface area contributed by atoms with Crippen molar-refractivity contribution in [2.75, 3.05) is 11.4 Å². The number of hydrogen-bond acceptors (Lipinski definition) is 3. The van der Waals surface area contributed by atoms with Crippen LogP contribution in [0.25, 0.3) is 10.8 Å². The van der Waals surface area contributed by atoms with Crippen LogP contribution >= 0.6 is 0 Å². The predicted octanol–water partition coefficient (Wildman–Crippen LogP) is 3.60. The highest BCUT2D eigenvalue weighted by molar-refractivity contribution is 6.01. The average Bonchev–Trinajstić information content (AvgIpc) is 3.12. The molecule has 2 N–H and O–H groups in total. The van der Waals surface area contributed by atoms with Crippen LogP contribution in [0.4, 0.5) is 5.69 Å². The monoisotopic (exact) mass is 360 g/mol. The zero-order chi connectivity index (χ0) is 18.8. The maximum absolute atomic E-state index is 12.5. The minimum atomic E-state index is -0.322. The number of nitrogens with zero attached hydrogens (tertiary/aromatic N) is 1. The van der Waals surface area contributed by atoms with Crippen molar-refractivity contribution in [2.24, 2.45) is 0 Å². The van der Waals surface area contributed by atoms with Crippen LogP contribution in [0.3, 0.4) is 0 Å². The highest BCUT2D eigenvalue weighted by atomic mass is 16.3. The van der Waals surface area contributed by atoms with Crippen LogP contribution in [0.15, 0.2) is 60.7 Å². The van der Waals surface area contributed by atoms with Gasteiger partial charge < -0.3 is 15.3 Å². The normalized spacial score (nSPS) is 13.9. The molecular weight excluding hydrogens is 340 g/mol. The van der Waals surface area contributed by atoms with Crippen LogP contribution in [-0.4, -0.2) is 23.5 Å². The van der Waals surface area contributed by atoms with Gasteiger partial charge in [-0.1, -0.05) is 36.4 Å². The van der Waals surface area contributed by atoms with Crippen LogP contribution in [0.2, 0.25) is 0 Å². The molecule has 0 bridgehead atoms. The van der Waals surface area contributed by atoms with Crippen molar-refractivity contribution in [2.45, 2.75) is 19.4 Å². The van der Waals surface area contributed by atoms with E-state index in [-0.39, 0.29) is 23.1 Å². The Kier molecular flexibility index (Phi) is 4.50. The number of aromatic hydroxyl groups is 1. The van der Waals surface area contributed by atoms with Crippen molar-refractivity contribution in [3.8, 4) is 5.75 Å². The first-order chi connectivity index (χ1) is 13.1. The van der Waals surface area contributed by atoms with Gasteiger partial charge in [-0.25, -0.2) is 0 Å². The molecule has 4 rings (SSSR count). The second-order valence-electron chi connectivity index (χ2n) is 6.71. The summed E-state index contributed by atoms with van der Waals surface area (Å²) in [6.45, 7) is 1.11. The summed E-state index contributed by atoms with van der Waals surface area (Å²) in [5.41, 5.74) is 2.08. The van der Waals surface area contributed by atoms with E-state index in [2.05, 4.69) is 5.32 Å². The van der Waals surface area contributed by atoms with Crippen molar-refractivity contribution < 1.29 is 14.7 Å². The number of fused-ring (bicyclic) bond motifs is 1. The Labute approximate surface area is 157 Å². The number of anilines is 1. The lowest BCUT2D eigenvalue weighted by molar-refractivity contribution is -0.117. The van der Waals surface area contributed by atoms with Crippen molar-refractivity contribution >= 4 is 28.3 Å². The zero-order valence-corrected chi connectivity index (χ0v) is 14.8. The second-order valence-corrected chi connectivity index (χ2v) is 6.71. The Morgan fingerprint density at radius 2 is 1.74 bits per heavy atom. The molecular formula is C22H20N2O3. The molecule has 1 aliphatic heterocycles. The molecule has 0 atom stereocenters. The molecule has 0 aliphatic carbocycles. The molecule has 0 spiro atoms. The smallest absolute Gasteiger partial charge is 0.255 e. The van der Waals surface area contributed by atoms with Crippen molar-refractivity contribution in [1.29, 1.82) is 0 Å². The van der Waals surface area contributed by atoms with Crippen LogP contribution in [0, 0.1) is 0 Å². The lowest BCUT2D eigenvalue weighted by Crippen LogP contribution is -2.24. The molecule has 3 aromatic carbocycles. The first kappa shape index (κ1) is 17.1. The van der Waals surface area contributed by atoms with E-state index in [1.807, 2.05) is 48.5 Å². The topological polar surface area (TPSA) is 69.6 Å². The molecule has 5 nitrogen and oxygen atoms in total. The molecule has 5 heteroatoms. The van der Waals surface area contributed by atoms with E-state index in [1.54, 1.807) is 17.0 Å². The van der Waals surface area contributed by atoms with Gasteiger partial charge in [0.05, 0.1) is 5.56 Å². The summed E-state index contributed by atoms with van der Waals surface area (Å²) < 4.78 is 0. The maximum atomic E-state index is 12.5. The van der Waals surface area contributed by atoms with Crippen LogP contribution < -0.4 is 10.2 Å². The van der Waals surface area contributed by atoms with Gasteiger partial charge in [0, 0.05) is 25.2 Å². The number of carbonyl (C=O) groups excluding carboxylic acids is 2. The molecule has 27 heavy (non-hydrogen) atoms. The van der Waals surface area contributed by atoms with Crippen molar-refractivity contribution in [1.82, 2.24) is 5.32 Å². The lowest BCUT2D eigenvalue weighted by Gasteiger charge is -2.16. The quantitative estimate of drug-likeness (QED) is 0.747. The Morgan fingerprint density at radius 3 is 2.41 bits per heavy atom. The van der Waals surface area contributed by atoms with E-state index < -0.39 is 0 Å². The van der Waals surface area contributed by atoms with Crippen LogP contribution in [0.1, 0.15) is 28.8 Å². The number of amides is 2. The van der Waals surface area contributed by atoms with E-state index >= 15 is 0 Å². The molecule has 3 aromatic rings. The summed E-state index contributed by atoms with van der Waals surface area (Å²) in [5.74, 6) is -0.200. The number of benzene rings is 3. The third kappa shape index (κ3) is 3.49. The highest BCUT2D eigenvalue weighted by Gasteiger charge is 2.21.